The summed E-state index contributed by atoms with van der Waals surface area (Å²) in [6.45, 7) is 2.56. The second kappa shape index (κ2) is 7.86. The molecule has 6 nitrogen and oxygen atoms in total. The molecule has 3 rings (SSSR count). The summed E-state index contributed by atoms with van der Waals surface area (Å²) in [4.78, 5) is 25.6. The van der Waals surface area contributed by atoms with E-state index >= 15 is 0 Å². The van der Waals surface area contributed by atoms with E-state index in [0.717, 1.165) is 0 Å². The van der Waals surface area contributed by atoms with Crippen molar-refractivity contribution in [1.29, 1.82) is 0 Å². The van der Waals surface area contributed by atoms with Gasteiger partial charge in [0.2, 0.25) is 11.8 Å². The van der Waals surface area contributed by atoms with E-state index in [4.69, 9.17) is 9.47 Å². The molecular weight excluding hydrogens is 339 g/mol. The standard InChI is InChI=1S/C19H19FN2O4/c1-13(23)22(16-5-6-17-18(12-16)26-10-9-25-17)8-7-19(24)21-15-4-2-3-14(20)11-15/h2-6,11-12H,7-10H2,1H3,(H,21,24). The quantitative estimate of drug-likeness (QED) is 0.892. The van der Waals surface area contributed by atoms with Crippen LogP contribution >= 0.6 is 0 Å². The minimum absolute atomic E-state index is 0.0739. The van der Waals surface area contributed by atoms with Crippen LogP contribution in [-0.4, -0.2) is 31.6 Å². The number of benzene rings is 2. The van der Waals surface area contributed by atoms with Crippen molar-refractivity contribution >= 4 is 23.2 Å². The van der Waals surface area contributed by atoms with Gasteiger partial charge in [-0.15, -0.1) is 0 Å². The van der Waals surface area contributed by atoms with Gasteiger partial charge < -0.3 is 19.7 Å². The highest BCUT2D eigenvalue weighted by atomic mass is 19.1. The number of nitrogens with one attached hydrogen (secondary N) is 1. The van der Waals surface area contributed by atoms with E-state index in [9.17, 15) is 14.0 Å². The van der Waals surface area contributed by atoms with Crippen molar-refractivity contribution in [3.8, 4) is 11.5 Å². The molecular formula is C19H19FN2O4. The first-order chi connectivity index (χ1) is 12.5. The zero-order valence-corrected chi connectivity index (χ0v) is 14.3. The molecule has 1 aliphatic heterocycles. The summed E-state index contributed by atoms with van der Waals surface area (Å²) in [7, 11) is 0. The molecule has 0 bridgehead atoms. The summed E-state index contributed by atoms with van der Waals surface area (Å²) in [5.74, 6) is 0.278. The summed E-state index contributed by atoms with van der Waals surface area (Å²) in [6, 6.07) is 10.9. The van der Waals surface area contributed by atoms with Gasteiger partial charge in [-0.2, -0.15) is 0 Å². The van der Waals surface area contributed by atoms with Crippen molar-refractivity contribution in [1.82, 2.24) is 0 Å². The van der Waals surface area contributed by atoms with E-state index in [0.29, 0.717) is 36.1 Å². The Labute approximate surface area is 150 Å². The van der Waals surface area contributed by atoms with Gasteiger partial charge in [-0.05, 0) is 30.3 Å². The first-order valence-corrected chi connectivity index (χ1v) is 8.26. The van der Waals surface area contributed by atoms with Crippen LogP contribution in [0.3, 0.4) is 0 Å². The number of rotatable bonds is 5. The van der Waals surface area contributed by atoms with Gasteiger partial charge in [-0.1, -0.05) is 6.07 Å². The topological polar surface area (TPSA) is 67.9 Å². The fourth-order valence-electron chi connectivity index (χ4n) is 2.67. The van der Waals surface area contributed by atoms with Gasteiger partial charge in [0.25, 0.3) is 0 Å². The fraction of sp³-hybridized carbons (Fsp3) is 0.263. The normalized spacial score (nSPS) is 12.4. The SMILES string of the molecule is CC(=O)N(CCC(=O)Nc1cccc(F)c1)c1ccc2c(c1)OCCO2. The molecule has 1 N–H and O–H groups in total. The maximum atomic E-state index is 13.2. The van der Waals surface area contributed by atoms with E-state index in [2.05, 4.69) is 5.32 Å². The van der Waals surface area contributed by atoms with Crippen LogP contribution < -0.4 is 19.7 Å². The van der Waals surface area contributed by atoms with Crippen LogP contribution in [0.5, 0.6) is 11.5 Å². The van der Waals surface area contributed by atoms with Crippen LogP contribution in [0, 0.1) is 5.82 Å². The summed E-state index contributed by atoms with van der Waals surface area (Å²) in [6.07, 6.45) is 0.0739. The van der Waals surface area contributed by atoms with Crippen molar-refractivity contribution in [3.05, 3.63) is 48.3 Å². The number of amides is 2. The van der Waals surface area contributed by atoms with E-state index in [-0.39, 0.29) is 24.8 Å². The van der Waals surface area contributed by atoms with Crippen LogP contribution in [-0.2, 0) is 9.59 Å². The van der Waals surface area contributed by atoms with Gasteiger partial charge in [-0.25, -0.2) is 4.39 Å². The molecule has 0 atom stereocenters. The highest BCUT2D eigenvalue weighted by Gasteiger charge is 2.18. The van der Waals surface area contributed by atoms with Gasteiger partial charge in [0.05, 0.1) is 0 Å². The third kappa shape index (κ3) is 4.30. The van der Waals surface area contributed by atoms with Crippen molar-refractivity contribution in [3.63, 3.8) is 0 Å². The van der Waals surface area contributed by atoms with Crippen molar-refractivity contribution in [2.45, 2.75) is 13.3 Å². The maximum Gasteiger partial charge on any atom is 0.226 e. The lowest BCUT2D eigenvalue weighted by Crippen LogP contribution is -2.32. The molecule has 26 heavy (non-hydrogen) atoms. The Hall–Kier alpha value is -3.09. The number of carbonyl (C=O) groups excluding carboxylic acids is 2. The molecule has 0 radical (unpaired) electrons. The summed E-state index contributed by atoms with van der Waals surface area (Å²) >= 11 is 0. The molecule has 2 amide bonds. The zero-order chi connectivity index (χ0) is 18.5. The molecule has 7 heteroatoms. The molecule has 2 aromatic carbocycles. The number of ether oxygens (including phenoxy) is 2. The van der Waals surface area contributed by atoms with Crippen LogP contribution in [0.4, 0.5) is 15.8 Å². The third-order valence-electron chi connectivity index (χ3n) is 3.89. The fourth-order valence-corrected chi connectivity index (χ4v) is 2.67. The predicted octanol–water partition coefficient (Wildman–Crippen LogP) is 2.98. The average Bonchev–Trinajstić information content (AvgIpc) is 2.61. The first kappa shape index (κ1) is 17.7. The Kier molecular flexibility index (Phi) is 5.36. The van der Waals surface area contributed by atoms with Gasteiger partial charge in [0.15, 0.2) is 11.5 Å². The lowest BCUT2D eigenvalue weighted by atomic mass is 10.2. The highest BCUT2D eigenvalue weighted by Crippen LogP contribution is 2.34. The van der Waals surface area contributed by atoms with Crippen molar-refractivity contribution in [2.75, 3.05) is 30.0 Å². The minimum Gasteiger partial charge on any atom is -0.486 e. The van der Waals surface area contributed by atoms with Gasteiger partial charge in [-0.3, -0.25) is 9.59 Å². The molecule has 0 aliphatic carbocycles. The Balaban J connectivity index is 1.65. The maximum absolute atomic E-state index is 13.2. The van der Waals surface area contributed by atoms with Crippen LogP contribution in [0.2, 0.25) is 0 Å². The van der Waals surface area contributed by atoms with Gasteiger partial charge in [0.1, 0.15) is 19.0 Å². The Bertz CT molecular complexity index is 825. The minimum atomic E-state index is -0.426. The molecule has 0 spiro atoms. The van der Waals surface area contributed by atoms with E-state index in [1.165, 1.54) is 30.0 Å². The smallest absolute Gasteiger partial charge is 0.226 e. The van der Waals surface area contributed by atoms with E-state index in [1.807, 2.05) is 0 Å². The van der Waals surface area contributed by atoms with Crippen LogP contribution in [0.1, 0.15) is 13.3 Å². The van der Waals surface area contributed by atoms with Crippen LogP contribution in [0.15, 0.2) is 42.5 Å². The van der Waals surface area contributed by atoms with Gasteiger partial charge in [0, 0.05) is 37.3 Å². The third-order valence-corrected chi connectivity index (χ3v) is 3.89. The van der Waals surface area contributed by atoms with E-state index in [1.54, 1.807) is 24.3 Å². The number of fused-ring (bicyclic) bond motifs is 1. The molecule has 1 heterocycles. The lowest BCUT2D eigenvalue weighted by molar-refractivity contribution is -0.117. The number of carbonyl (C=O) groups is 2. The molecule has 0 saturated carbocycles. The number of hydrogen-bond acceptors (Lipinski definition) is 4. The monoisotopic (exact) mass is 358 g/mol. The van der Waals surface area contributed by atoms with Crippen molar-refractivity contribution in [2.24, 2.45) is 0 Å². The first-order valence-electron chi connectivity index (χ1n) is 8.26. The summed E-state index contributed by atoms with van der Waals surface area (Å²) < 4.78 is 24.2. The molecule has 0 fully saturated rings. The molecule has 1 aliphatic rings. The Morgan fingerprint density at radius 3 is 2.62 bits per heavy atom. The number of hydrogen-bond donors (Lipinski definition) is 1. The molecule has 0 unspecified atom stereocenters. The second-order valence-electron chi connectivity index (χ2n) is 5.81. The summed E-state index contributed by atoms with van der Waals surface area (Å²) in [5.41, 5.74) is 1.00. The zero-order valence-electron chi connectivity index (χ0n) is 14.3. The largest absolute Gasteiger partial charge is 0.486 e. The van der Waals surface area contributed by atoms with E-state index < -0.39 is 5.82 Å². The summed E-state index contributed by atoms with van der Waals surface area (Å²) in [5, 5.41) is 2.62. The average molecular weight is 358 g/mol. The van der Waals surface area contributed by atoms with Crippen molar-refractivity contribution < 1.29 is 23.5 Å². The number of nitrogens with zero attached hydrogens (tertiary/aromatic N) is 1. The highest BCUT2D eigenvalue weighted by molar-refractivity contribution is 5.95. The number of halogens is 1. The molecule has 0 aromatic heterocycles. The predicted molar refractivity (Wildman–Crippen MR) is 95.1 cm³/mol. The van der Waals surface area contributed by atoms with Crippen LogP contribution in [0.25, 0.3) is 0 Å². The lowest BCUT2D eigenvalue weighted by Gasteiger charge is -2.24. The molecule has 0 saturated heterocycles. The Morgan fingerprint density at radius 2 is 1.88 bits per heavy atom. The Morgan fingerprint density at radius 1 is 1.12 bits per heavy atom. The second-order valence-corrected chi connectivity index (χ2v) is 5.81. The molecule has 136 valence electrons. The number of anilines is 2. The molecule has 2 aromatic rings. The van der Waals surface area contributed by atoms with Gasteiger partial charge >= 0.3 is 0 Å².